The molecule has 0 amide bonds. The quantitative estimate of drug-likeness (QED) is 0.687. The summed E-state index contributed by atoms with van der Waals surface area (Å²) in [4.78, 5) is 0. The number of rotatable bonds is 5. The Morgan fingerprint density at radius 1 is 1.23 bits per heavy atom. The van der Waals surface area contributed by atoms with Gasteiger partial charge in [0.2, 0.25) is 10.2 Å². The molecule has 0 unspecified atom stereocenters. The molecule has 1 aliphatic rings. The third-order valence-corrected chi connectivity index (χ3v) is 4.68. The van der Waals surface area contributed by atoms with E-state index in [1.165, 1.54) is 23.5 Å². The number of thioether (sulfide) groups is 2. The highest BCUT2D eigenvalue weighted by Crippen LogP contribution is 2.50. The third-order valence-electron chi connectivity index (χ3n) is 1.22. The predicted molar refractivity (Wildman–Crippen MR) is 56.9 cm³/mol. The summed E-state index contributed by atoms with van der Waals surface area (Å²) in [5.41, 5.74) is 0. The molecule has 13 heavy (non-hydrogen) atoms. The van der Waals surface area contributed by atoms with Crippen LogP contribution in [0, 0.1) is 0 Å². The maximum atomic E-state index is 10.6. The molecule has 3 nitrogen and oxygen atoms in total. The van der Waals surface area contributed by atoms with Gasteiger partial charge in [0.1, 0.15) is 4.32 Å². The summed E-state index contributed by atoms with van der Waals surface area (Å²) >= 11 is 2.91. The molecule has 1 aliphatic heterocycles. The van der Waals surface area contributed by atoms with E-state index >= 15 is 0 Å². The lowest BCUT2D eigenvalue weighted by Crippen LogP contribution is -1.91. The summed E-state index contributed by atoms with van der Waals surface area (Å²) in [6.07, 6.45) is 0. The van der Waals surface area contributed by atoms with E-state index in [2.05, 4.69) is 0 Å². The van der Waals surface area contributed by atoms with Crippen molar-refractivity contribution in [3.63, 3.8) is 0 Å². The minimum absolute atomic E-state index is 0.0110. The highest BCUT2D eigenvalue weighted by molar-refractivity contribution is 8.27. The van der Waals surface area contributed by atoms with E-state index in [0.29, 0.717) is 13.2 Å². The van der Waals surface area contributed by atoms with E-state index in [1.54, 1.807) is 0 Å². The van der Waals surface area contributed by atoms with Crippen molar-refractivity contribution in [3.8, 4) is 0 Å². The Hall–Kier alpha value is 0.140. The van der Waals surface area contributed by atoms with Crippen molar-refractivity contribution in [3.05, 3.63) is 10.2 Å². The Balaban J connectivity index is 2.58. The molecule has 0 aromatic rings. The zero-order valence-corrected chi connectivity index (χ0v) is 10.0. The van der Waals surface area contributed by atoms with Gasteiger partial charge in [-0.15, -0.1) is 0 Å². The molecule has 1 rings (SSSR count). The molecule has 0 saturated carbocycles. The first-order valence-corrected chi connectivity index (χ1v) is 6.61. The van der Waals surface area contributed by atoms with E-state index in [1.807, 2.05) is 13.8 Å². The second-order valence-electron chi connectivity index (χ2n) is 2.09. The normalized spacial score (nSPS) is 18.3. The highest BCUT2D eigenvalue weighted by Gasteiger charge is 2.29. The zero-order chi connectivity index (χ0) is 9.68. The lowest BCUT2D eigenvalue weighted by molar-refractivity contribution is 0.206. The van der Waals surface area contributed by atoms with E-state index in [4.69, 9.17) is 9.47 Å². The number of ether oxygens (including phenoxy) is 2. The lowest BCUT2D eigenvalue weighted by atomic mass is 10.8. The van der Waals surface area contributed by atoms with Gasteiger partial charge in [0.15, 0.2) is 8.46 Å². The summed E-state index contributed by atoms with van der Waals surface area (Å²) in [7, 11) is 0.116. The van der Waals surface area contributed by atoms with Crippen LogP contribution >= 0.6 is 32.0 Å². The molecular weight excluding hydrogens is 227 g/mol. The Morgan fingerprint density at radius 3 is 2.00 bits per heavy atom. The van der Waals surface area contributed by atoms with Crippen LogP contribution in [0.15, 0.2) is 10.2 Å². The Labute approximate surface area is 87.8 Å². The van der Waals surface area contributed by atoms with Crippen LogP contribution in [-0.4, -0.2) is 17.5 Å². The van der Waals surface area contributed by atoms with E-state index in [-0.39, 0.29) is 12.8 Å². The molecule has 0 aromatic carbocycles. The molecular formula is C7H11O3PS2. The molecule has 0 atom stereocenters. The topological polar surface area (TPSA) is 35.5 Å². The van der Waals surface area contributed by atoms with Crippen LogP contribution < -0.4 is 0 Å². The van der Waals surface area contributed by atoms with Crippen LogP contribution in [0.4, 0.5) is 0 Å². The molecule has 0 fully saturated rings. The minimum Gasteiger partial charge on any atom is -0.484 e. The average Bonchev–Trinajstić information content (AvgIpc) is 2.50. The maximum absolute atomic E-state index is 10.6. The largest absolute Gasteiger partial charge is 0.484 e. The second-order valence-corrected chi connectivity index (χ2v) is 5.97. The number of hydrogen-bond acceptors (Lipinski definition) is 5. The van der Waals surface area contributed by atoms with Gasteiger partial charge in [0.25, 0.3) is 0 Å². The lowest BCUT2D eigenvalue weighted by Gasteiger charge is -2.05. The molecule has 0 N–H and O–H groups in total. The second kappa shape index (κ2) is 5.78. The van der Waals surface area contributed by atoms with Crippen molar-refractivity contribution >= 4 is 32.0 Å². The molecule has 6 heteroatoms. The van der Waals surface area contributed by atoms with Crippen molar-refractivity contribution in [2.24, 2.45) is 0 Å². The minimum atomic E-state index is -0.0110. The van der Waals surface area contributed by atoms with Crippen LogP contribution in [0.3, 0.4) is 0 Å². The smallest absolute Gasteiger partial charge is 0.204 e. The summed E-state index contributed by atoms with van der Waals surface area (Å²) in [6.45, 7) is 5.07. The molecule has 0 spiro atoms. The third kappa shape index (κ3) is 3.08. The Morgan fingerprint density at radius 2 is 1.69 bits per heavy atom. The van der Waals surface area contributed by atoms with Crippen LogP contribution in [0.25, 0.3) is 0 Å². The zero-order valence-electron chi connectivity index (χ0n) is 7.48. The van der Waals surface area contributed by atoms with E-state index < -0.39 is 0 Å². The fourth-order valence-electron chi connectivity index (χ4n) is 0.795. The van der Waals surface area contributed by atoms with Gasteiger partial charge in [-0.25, -0.2) is 0 Å². The predicted octanol–water partition coefficient (Wildman–Crippen LogP) is 3.24. The molecule has 1 heterocycles. The Bertz CT molecular complexity index is 202. The fourth-order valence-corrected chi connectivity index (χ4v) is 3.77. The van der Waals surface area contributed by atoms with Crippen molar-refractivity contribution in [1.82, 2.24) is 0 Å². The summed E-state index contributed by atoms with van der Waals surface area (Å²) in [6, 6.07) is 0. The van der Waals surface area contributed by atoms with Gasteiger partial charge in [-0.2, -0.15) is 0 Å². The first-order chi connectivity index (χ1) is 6.31. The molecule has 0 aliphatic carbocycles. The van der Waals surface area contributed by atoms with Crippen molar-refractivity contribution in [2.75, 3.05) is 13.2 Å². The van der Waals surface area contributed by atoms with Crippen LogP contribution in [0.1, 0.15) is 13.8 Å². The van der Waals surface area contributed by atoms with E-state index in [0.717, 1.165) is 10.2 Å². The fraction of sp³-hybridized carbons (Fsp3) is 0.714. The molecule has 74 valence electrons. The molecule has 0 saturated heterocycles. The Kier molecular flexibility index (Phi) is 4.99. The maximum Gasteiger partial charge on any atom is 0.204 e. The van der Waals surface area contributed by atoms with Gasteiger partial charge < -0.3 is 9.47 Å². The monoisotopic (exact) mass is 238 g/mol. The molecule has 0 bridgehead atoms. The van der Waals surface area contributed by atoms with Crippen molar-refractivity contribution in [1.29, 1.82) is 0 Å². The average molecular weight is 238 g/mol. The van der Waals surface area contributed by atoms with Gasteiger partial charge in [0, 0.05) is 0 Å². The molecule has 0 radical (unpaired) electrons. The SMILES string of the molecule is CCOC1=C(OCC)SC(P=O)S1. The summed E-state index contributed by atoms with van der Waals surface area (Å²) < 4.78 is 21.3. The van der Waals surface area contributed by atoms with Gasteiger partial charge in [-0.05, 0) is 13.8 Å². The van der Waals surface area contributed by atoms with Crippen molar-refractivity contribution in [2.45, 2.75) is 18.2 Å². The summed E-state index contributed by atoms with van der Waals surface area (Å²) in [5.74, 6) is 0. The van der Waals surface area contributed by atoms with Crippen LogP contribution in [0.2, 0.25) is 0 Å². The van der Waals surface area contributed by atoms with Gasteiger partial charge >= 0.3 is 0 Å². The van der Waals surface area contributed by atoms with Crippen LogP contribution in [-0.2, 0) is 14.0 Å². The van der Waals surface area contributed by atoms with Gasteiger partial charge in [-0.3, -0.25) is 4.57 Å². The molecule has 0 aromatic heterocycles. The highest BCUT2D eigenvalue weighted by atomic mass is 32.2. The van der Waals surface area contributed by atoms with E-state index in [9.17, 15) is 4.57 Å². The summed E-state index contributed by atoms with van der Waals surface area (Å²) in [5, 5.41) is 1.53. The standard InChI is InChI=1S/C7H11O3PS2/c1-3-9-5-6(10-4-2)13-7(11-8)12-5/h7H,3-4H2,1-2H3. The first-order valence-electron chi connectivity index (χ1n) is 3.97. The van der Waals surface area contributed by atoms with Gasteiger partial charge in [-0.1, -0.05) is 23.5 Å². The van der Waals surface area contributed by atoms with Gasteiger partial charge in [0.05, 0.1) is 13.2 Å². The van der Waals surface area contributed by atoms with Crippen molar-refractivity contribution < 1.29 is 14.0 Å². The first kappa shape index (κ1) is 11.2. The number of hydrogen-bond donors (Lipinski definition) is 0. The van der Waals surface area contributed by atoms with Crippen LogP contribution in [0.5, 0.6) is 0 Å².